The van der Waals surface area contributed by atoms with Crippen LogP contribution in [0.4, 0.5) is 0 Å². The minimum Gasteiger partial charge on any atom is -0.469 e. The zero-order valence-electron chi connectivity index (χ0n) is 19.3. The Morgan fingerprint density at radius 3 is 2.40 bits per heavy atom. The number of carbonyl (C=O) groups excluding carboxylic acids is 2. The second-order valence-corrected chi connectivity index (χ2v) is 8.58. The van der Waals surface area contributed by atoms with Gasteiger partial charge in [-0.1, -0.05) is 60.3 Å². The van der Waals surface area contributed by atoms with Gasteiger partial charge in [0.1, 0.15) is 0 Å². The summed E-state index contributed by atoms with van der Waals surface area (Å²) in [7, 11) is 1.35. The number of esters is 1. The third-order valence-corrected chi connectivity index (χ3v) is 6.19. The minimum absolute atomic E-state index is 0.103. The van der Waals surface area contributed by atoms with E-state index in [0.29, 0.717) is 17.5 Å². The molecule has 0 aliphatic carbocycles. The quantitative estimate of drug-likeness (QED) is 0.247. The van der Waals surface area contributed by atoms with Crippen LogP contribution in [0.2, 0.25) is 0 Å². The second kappa shape index (κ2) is 11.9. The van der Waals surface area contributed by atoms with Crippen LogP contribution in [-0.4, -0.2) is 55.9 Å². The molecule has 0 atom stereocenters. The molecule has 9 heteroatoms. The Kier molecular flexibility index (Phi) is 8.24. The second-order valence-electron chi connectivity index (χ2n) is 7.63. The lowest BCUT2D eigenvalue weighted by atomic mass is 10.2. The molecule has 2 heterocycles. The molecule has 0 spiro atoms. The normalized spacial score (nSPS) is 10.7. The van der Waals surface area contributed by atoms with Crippen LogP contribution in [-0.2, 0) is 20.9 Å². The number of rotatable bonds is 10. The van der Waals surface area contributed by atoms with Crippen LogP contribution in [0.5, 0.6) is 0 Å². The van der Waals surface area contributed by atoms with E-state index in [1.165, 1.54) is 18.9 Å². The summed E-state index contributed by atoms with van der Waals surface area (Å²) in [4.78, 5) is 30.8. The molecule has 0 aliphatic heterocycles. The third kappa shape index (κ3) is 6.33. The lowest BCUT2D eigenvalue weighted by Gasteiger charge is -2.22. The SMILES string of the molecule is COC(=O)CCN(Cc1ccccc1)C(=O)CSc1nnc(-c2cccnc2)n1-c1ccccc1. The van der Waals surface area contributed by atoms with E-state index < -0.39 is 0 Å². The van der Waals surface area contributed by atoms with Gasteiger partial charge in [0.05, 0.1) is 19.3 Å². The maximum absolute atomic E-state index is 13.2. The predicted molar refractivity (Wildman–Crippen MR) is 134 cm³/mol. The van der Waals surface area contributed by atoms with Crippen molar-refractivity contribution >= 4 is 23.6 Å². The molecule has 0 saturated carbocycles. The van der Waals surface area contributed by atoms with E-state index in [9.17, 15) is 9.59 Å². The van der Waals surface area contributed by atoms with Gasteiger partial charge in [0.15, 0.2) is 11.0 Å². The van der Waals surface area contributed by atoms with E-state index in [1.807, 2.05) is 77.4 Å². The van der Waals surface area contributed by atoms with Crippen molar-refractivity contribution in [2.45, 2.75) is 18.1 Å². The van der Waals surface area contributed by atoms with E-state index in [4.69, 9.17) is 4.74 Å². The molecule has 1 amide bonds. The van der Waals surface area contributed by atoms with Crippen molar-refractivity contribution in [3.8, 4) is 17.1 Å². The van der Waals surface area contributed by atoms with E-state index in [-0.39, 0.29) is 30.6 Å². The van der Waals surface area contributed by atoms with Crippen LogP contribution in [0.1, 0.15) is 12.0 Å². The van der Waals surface area contributed by atoms with E-state index in [2.05, 4.69) is 15.2 Å². The van der Waals surface area contributed by atoms with Crippen LogP contribution >= 0.6 is 11.8 Å². The number of aromatic nitrogens is 4. The Morgan fingerprint density at radius 1 is 0.971 bits per heavy atom. The minimum atomic E-state index is -0.353. The Balaban J connectivity index is 1.55. The number of ether oxygens (including phenoxy) is 1. The Hall–Kier alpha value is -3.98. The first kappa shape index (κ1) is 24.2. The summed E-state index contributed by atoms with van der Waals surface area (Å²) in [6, 6.07) is 23.2. The van der Waals surface area contributed by atoms with Crippen LogP contribution in [0, 0.1) is 0 Å². The molecular formula is C26H25N5O3S. The summed E-state index contributed by atoms with van der Waals surface area (Å²) < 4.78 is 6.68. The number of amides is 1. The van der Waals surface area contributed by atoms with Crippen molar-refractivity contribution in [3.63, 3.8) is 0 Å². The molecule has 0 aliphatic rings. The average molecular weight is 488 g/mol. The van der Waals surface area contributed by atoms with Gasteiger partial charge in [-0.2, -0.15) is 0 Å². The molecule has 35 heavy (non-hydrogen) atoms. The van der Waals surface area contributed by atoms with Gasteiger partial charge in [0.2, 0.25) is 5.91 Å². The highest BCUT2D eigenvalue weighted by Crippen LogP contribution is 2.27. The molecule has 0 bridgehead atoms. The first-order valence-corrected chi connectivity index (χ1v) is 12.1. The van der Waals surface area contributed by atoms with Gasteiger partial charge in [-0.25, -0.2) is 0 Å². The van der Waals surface area contributed by atoms with Crippen LogP contribution in [0.25, 0.3) is 17.1 Å². The number of thioether (sulfide) groups is 1. The highest BCUT2D eigenvalue weighted by molar-refractivity contribution is 7.99. The lowest BCUT2D eigenvalue weighted by Crippen LogP contribution is -2.34. The molecule has 4 aromatic rings. The van der Waals surface area contributed by atoms with Crippen molar-refractivity contribution in [2.24, 2.45) is 0 Å². The van der Waals surface area contributed by atoms with E-state index in [1.54, 1.807) is 17.3 Å². The summed E-state index contributed by atoms with van der Waals surface area (Å²) in [5.74, 6) is 0.333. The summed E-state index contributed by atoms with van der Waals surface area (Å²) in [6.45, 7) is 0.677. The fourth-order valence-electron chi connectivity index (χ4n) is 3.50. The Labute approximate surface area is 208 Å². The van der Waals surface area contributed by atoms with Crippen molar-refractivity contribution in [1.29, 1.82) is 0 Å². The number of nitrogens with zero attached hydrogens (tertiary/aromatic N) is 5. The molecule has 8 nitrogen and oxygen atoms in total. The summed E-state index contributed by atoms with van der Waals surface area (Å²) in [5.41, 5.74) is 2.70. The average Bonchev–Trinajstić information content (AvgIpc) is 3.35. The number of hydrogen-bond acceptors (Lipinski definition) is 7. The molecular weight excluding hydrogens is 462 g/mol. The highest BCUT2D eigenvalue weighted by Gasteiger charge is 2.20. The third-order valence-electron chi connectivity index (χ3n) is 5.27. The van der Waals surface area contributed by atoms with Crippen molar-refractivity contribution < 1.29 is 14.3 Å². The molecule has 0 saturated heterocycles. The van der Waals surface area contributed by atoms with Gasteiger partial charge in [-0.15, -0.1) is 10.2 Å². The van der Waals surface area contributed by atoms with E-state index >= 15 is 0 Å². The Morgan fingerprint density at radius 2 is 1.71 bits per heavy atom. The van der Waals surface area contributed by atoms with Gasteiger partial charge in [0, 0.05) is 36.7 Å². The van der Waals surface area contributed by atoms with Gasteiger partial charge in [0.25, 0.3) is 0 Å². The molecule has 0 N–H and O–H groups in total. The van der Waals surface area contributed by atoms with Crippen molar-refractivity contribution in [2.75, 3.05) is 19.4 Å². The van der Waals surface area contributed by atoms with Crippen LogP contribution in [0.3, 0.4) is 0 Å². The molecule has 4 rings (SSSR count). The molecule has 0 fully saturated rings. The number of hydrogen-bond donors (Lipinski definition) is 0. The van der Waals surface area contributed by atoms with Crippen molar-refractivity contribution in [1.82, 2.24) is 24.6 Å². The smallest absolute Gasteiger partial charge is 0.307 e. The zero-order chi connectivity index (χ0) is 24.5. The van der Waals surface area contributed by atoms with Gasteiger partial charge in [-0.3, -0.25) is 19.1 Å². The molecule has 0 radical (unpaired) electrons. The summed E-state index contributed by atoms with van der Waals surface area (Å²) >= 11 is 1.31. The largest absolute Gasteiger partial charge is 0.469 e. The monoisotopic (exact) mass is 487 g/mol. The number of methoxy groups -OCH3 is 1. The Bertz CT molecular complexity index is 1250. The zero-order valence-corrected chi connectivity index (χ0v) is 20.1. The van der Waals surface area contributed by atoms with E-state index in [0.717, 1.165) is 16.8 Å². The van der Waals surface area contributed by atoms with Gasteiger partial charge in [-0.05, 0) is 29.8 Å². The first-order valence-electron chi connectivity index (χ1n) is 11.1. The topological polar surface area (TPSA) is 90.2 Å². The summed E-state index contributed by atoms with van der Waals surface area (Å²) in [6.07, 6.45) is 3.57. The lowest BCUT2D eigenvalue weighted by molar-refractivity contribution is -0.141. The summed E-state index contributed by atoms with van der Waals surface area (Å²) in [5, 5.41) is 9.36. The number of para-hydroxylation sites is 1. The molecule has 2 aromatic heterocycles. The fraction of sp³-hybridized carbons (Fsp3) is 0.192. The highest BCUT2D eigenvalue weighted by atomic mass is 32.2. The maximum Gasteiger partial charge on any atom is 0.307 e. The first-order chi connectivity index (χ1) is 17.2. The van der Waals surface area contributed by atoms with Gasteiger partial charge >= 0.3 is 5.97 Å². The van der Waals surface area contributed by atoms with Crippen LogP contribution in [0.15, 0.2) is 90.3 Å². The standard InChI is InChI=1S/C26H25N5O3S/c1-34-24(33)14-16-30(18-20-9-4-2-5-10-20)23(32)19-35-26-29-28-25(21-11-8-15-27-17-21)31(26)22-12-6-3-7-13-22/h2-13,15,17H,14,16,18-19H2,1H3. The van der Waals surface area contributed by atoms with Crippen LogP contribution < -0.4 is 0 Å². The molecule has 178 valence electrons. The number of carbonyl (C=O) groups is 2. The molecule has 2 aromatic carbocycles. The maximum atomic E-state index is 13.2. The predicted octanol–water partition coefficient (Wildman–Crippen LogP) is 4.01. The van der Waals surface area contributed by atoms with Crippen molar-refractivity contribution in [3.05, 3.63) is 90.8 Å². The number of pyridine rings is 1. The number of benzene rings is 2. The van der Waals surface area contributed by atoms with Gasteiger partial charge < -0.3 is 9.64 Å². The molecule has 0 unspecified atom stereocenters. The fourth-order valence-corrected chi connectivity index (χ4v) is 4.35.